The van der Waals surface area contributed by atoms with E-state index in [0.717, 1.165) is 18.7 Å². The fourth-order valence-electron chi connectivity index (χ4n) is 1.40. The van der Waals surface area contributed by atoms with Gasteiger partial charge in [0.1, 0.15) is 0 Å². The maximum absolute atomic E-state index is 8.90. The highest BCUT2D eigenvalue weighted by molar-refractivity contribution is 5.47. The van der Waals surface area contributed by atoms with Gasteiger partial charge < -0.3 is 10.4 Å². The summed E-state index contributed by atoms with van der Waals surface area (Å²) in [5.41, 5.74) is 1.74. The van der Waals surface area contributed by atoms with Crippen LogP contribution in [-0.2, 0) is 0 Å². The maximum atomic E-state index is 8.90. The second kappa shape index (κ2) is 5.53. The van der Waals surface area contributed by atoms with Crippen LogP contribution in [0.3, 0.4) is 0 Å². The molecule has 0 amide bonds. The van der Waals surface area contributed by atoms with Crippen LogP contribution >= 0.6 is 0 Å². The molecule has 1 aromatic rings. The normalized spacial score (nSPS) is 10.9. The zero-order valence-electron chi connectivity index (χ0n) is 9.83. The van der Waals surface area contributed by atoms with Crippen molar-refractivity contribution in [2.24, 2.45) is 5.41 Å². The van der Waals surface area contributed by atoms with Gasteiger partial charge in [-0.2, -0.15) is 5.26 Å². The summed E-state index contributed by atoms with van der Waals surface area (Å²) in [6, 6.07) is 9.46. The molecule has 1 aromatic carbocycles. The highest BCUT2D eigenvalue weighted by atomic mass is 16.3. The zero-order chi connectivity index (χ0) is 12.0. The van der Waals surface area contributed by atoms with Crippen molar-refractivity contribution in [3.8, 4) is 6.07 Å². The molecular weight excluding hydrogens is 200 g/mol. The Kier molecular flexibility index (Phi) is 4.33. The van der Waals surface area contributed by atoms with E-state index in [1.54, 1.807) is 12.1 Å². The number of benzene rings is 1. The second-order valence-electron chi connectivity index (χ2n) is 4.68. The highest BCUT2D eigenvalue weighted by Gasteiger charge is 2.16. The van der Waals surface area contributed by atoms with Crippen molar-refractivity contribution in [2.75, 3.05) is 18.5 Å². The van der Waals surface area contributed by atoms with Gasteiger partial charge in [0, 0.05) is 18.8 Å². The SMILES string of the molecule is CC(C)(CCO)CNc1ccc(C#N)cc1. The molecule has 0 spiro atoms. The van der Waals surface area contributed by atoms with Gasteiger partial charge in [-0.3, -0.25) is 0 Å². The predicted molar refractivity (Wildman–Crippen MR) is 65.1 cm³/mol. The van der Waals surface area contributed by atoms with Crippen LogP contribution in [0.2, 0.25) is 0 Å². The fraction of sp³-hybridized carbons (Fsp3) is 0.462. The third kappa shape index (κ3) is 3.92. The minimum atomic E-state index is 0.0721. The fourth-order valence-corrected chi connectivity index (χ4v) is 1.40. The van der Waals surface area contributed by atoms with Crippen molar-refractivity contribution in [1.29, 1.82) is 5.26 Å². The van der Waals surface area contributed by atoms with Crippen molar-refractivity contribution >= 4 is 5.69 Å². The smallest absolute Gasteiger partial charge is 0.0991 e. The van der Waals surface area contributed by atoms with Crippen LogP contribution in [0.5, 0.6) is 0 Å². The summed E-state index contributed by atoms with van der Waals surface area (Å²) in [5.74, 6) is 0. The molecule has 0 aromatic heterocycles. The van der Waals surface area contributed by atoms with Gasteiger partial charge in [-0.05, 0) is 36.1 Å². The summed E-state index contributed by atoms with van der Waals surface area (Å²) in [6.07, 6.45) is 0.774. The molecule has 0 bridgehead atoms. The minimum absolute atomic E-state index is 0.0721. The van der Waals surface area contributed by atoms with Crippen LogP contribution in [0.25, 0.3) is 0 Å². The third-order valence-corrected chi connectivity index (χ3v) is 2.57. The van der Waals surface area contributed by atoms with E-state index in [2.05, 4.69) is 25.2 Å². The lowest BCUT2D eigenvalue weighted by Crippen LogP contribution is -2.24. The third-order valence-electron chi connectivity index (χ3n) is 2.57. The summed E-state index contributed by atoms with van der Waals surface area (Å²) in [7, 11) is 0. The lowest BCUT2D eigenvalue weighted by atomic mass is 9.89. The van der Waals surface area contributed by atoms with E-state index in [1.807, 2.05) is 12.1 Å². The predicted octanol–water partition coefficient (Wildman–Crippen LogP) is 2.38. The number of hydrogen-bond donors (Lipinski definition) is 2. The van der Waals surface area contributed by atoms with E-state index in [0.29, 0.717) is 5.56 Å². The van der Waals surface area contributed by atoms with Crippen molar-refractivity contribution in [1.82, 2.24) is 0 Å². The Bertz CT molecular complexity index is 363. The number of aliphatic hydroxyl groups excluding tert-OH is 1. The first kappa shape index (κ1) is 12.5. The molecule has 0 atom stereocenters. The molecule has 3 nitrogen and oxygen atoms in total. The number of nitriles is 1. The molecule has 0 radical (unpaired) electrons. The number of hydrogen-bond acceptors (Lipinski definition) is 3. The lowest BCUT2D eigenvalue weighted by Gasteiger charge is -2.24. The number of nitrogens with one attached hydrogen (secondary N) is 1. The standard InChI is InChI=1S/C13H18N2O/c1-13(2,7-8-16)10-15-12-5-3-11(9-14)4-6-12/h3-6,15-16H,7-8,10H2,1-2H3. The summed E-state index contributed by atoms with van der Waals surface area (Å²) in [4.78, 5) is 0. The topological polar surface area (TPSA) is 56.0 Å². The Morgan fingerprint density at radius 1 is 1.31 bits per heavy atom. The van der Waals surface area contributed by atoms with Crippen molar-refractivity contribution in [2.45, 2.75) is 20.3 Å². The van der Waals surface area contributed by atoms with E-state index in [9.17, 15) is 0 Å². The van der Waals surface area contributed by atoms with Crippen LogP contribution < -0.4 is 5.32 Å². The van der Waals surface area contributed by atoms with Gasteiger partial charge in [-0.25, -0.2) is 0 Å². The first-order valence-electron chi connectivity index (χ1n) is 5.42. The monoisotopic (exact) mass is 218 g/mol. The molecule has 0 heterocycles. The molecule has 0 aliphatic carbocycles. The molecule has 3 heteroatoms. The molecule has 2 N–H and O–H groups in total. The summed E-state index contributed by atoms with van der Waals surface area (Å²) >= 11 is 0. The molecule has 0 saturated carbocycles. The van der Waals surface area contributed by atoms with Gasteiger partial charge >= 0.3 is 0 Å². The van der Waals surface area contributed by atoms with Crippen LogP contribution in [0.15, 0.2) is 24.3 Å². The summed E-state index contributed by atoms with van der Waals surface area (Å²) in [5, 5.41) is 20.9. The van der Waals surface area contributed by atoms with Gasteiger partial charge in [0.05, 0.1) is 11.6 Å². The molecule has 0 aliphatic heterocycles. The summed E-state index contributed by atoms with van der Waals surface area (Å²) < 4.78 is 0. The van der Waals surface area contributed by atoms with Crippen molar-refractivity contribution in [3.05, 3.63) is 29.8 Å². The van der Waals surface area contributed by atoms with Gasteiger partial charge in [-0.15, -0.1) is 0 Å². The average Bonchev–Trinajstić information content (AvgIpc) is 2.27. The summed E-state index contributed by atoms with van der Waals surface area (Å²) in [6.45, 7) is 5.24. The first-order chi connectivity index (χ1) is 7.57. The van der Waals surface area contributed by atoms with E-state index in [-0.39, 0.29) is 12.0 Å². The molecule has 86 valence electrons. The van der Waals surface area contributed by atoms with Crippen LogP contribution in [0.4, 0.5) is 5.69 Å². The van der Waals surface area contributed by atoms with E-state index in [1.165, 1.54) is 0 Å². The van der Waals surface area contributed by atoms with Crippen LogP contribution in [0, 0.1) is 16.7 Å². The maximum Gasteiger partial charge on any atom is 0.0991 e. The number of anilines is 1. The number of nitrogens with zero attached hydrogens (tertiary/aromatic N) is 1. The Morgan fingerprint density at radius 2 is 1.94 bits per heavy atom. The van der Waals surface area contributed by atoms with Crippen molar-refractivity contribution < 1.29 is 5.11 Å². The molecule has 16 heavy (non-hydrogen) atoms. The Morgan fingerprint density at radius 3 is 2.44 bits per heavy atom. The molecule has 0 aliphatic rings. The molecule has 0 unspecified atom stereocenters. The Hall–Kier alpha value is -1.53. The van der Waals surface area contributed by atoms with E-state index < -0.39 is 0 Å². The van der Waals surface area contributed by atoms with Gasteiger partial charge in [-0.1, -0.05) is 13.8 Å². The highest BCUT2D eigenvalue weighted by Crippen LogP contribution is 2.20. The van der Waals surface area contributed by atoms with Crippen molar-refractivity contribution in [3.63, 3.8) is 0 Å². The minimum Gasteiger partial charge on any atom is -0.396 e. The molecule has 1 rings (SSSR count). The van der Waals surface area contributed by atoms with Crippen LogP contribution in [0.1, 0.15) is 25.8 Å². The second-order valence-corrected chi connectivity index (χ2v) is 4.68. The lowest BCUT2D eigenvalue weighted by molar-refractivity contribution is 0.220. The quantitative estimate of drug-likeness (QED) is 0.797. The van der Waals surface area contributed by atoms with Gasteiger partial charge in [0.2, 0.25) is 0 Å². The van der Waals surface area contributed by atoms with Gasteiger partial charge in [0.15, 0.2) is 0 Å². The Labute approximate surface area is 96.7 Å². The molecule has 0 fully saturated rings. The average molecular weight is 218 g/mol. The molecule has 0 saturated heterocycles. The largest absolute Gasteiger partial charge is 0.396 e. The van der Waals surface area contributed by atoms with Gasteiger partial charge in [0.25, 0.3) is 0 Å². The van der Waals surface area contributed by atoms with E-state index >= 15 is 0 Å². The van der Waals surface area contributed by atoms with E-state index in [4.69, 9.17) is 10.4 Å². The Balaban J connectivity index is 2.52. The van der Waals surface area contributed by atoms with Crippen LogP contribution in [-0.4, -0.2) is 18.3 Å². The number of rotatable bonds is 5. The number of aliphatic hydroxyl groups is 1. The first-order valence-corrected chi connectivity index (χ1v) is 5.42. The molecular formula is C13H18N2O. The zero-order valence-corrected chi connectivity index (χ0v) is 9.83.